The number of aliphatic hydroxyl groups is 1. The molecule has 0 aliphatic carbocycles. The van der Waals surface area contributed by atoms with E-state index in [4.69, 9.17) is 0 Å². The second-order valence-electron chi connectivity index (χ2n) is 5.71. The average Bonchev–Trinajstić information content (AvgIpc) is 3.16. The molecule has 124 valence electrons. The van der Waals surface area contributed by atoms with Crippen LogP contribution in [0, 0.1) is 0 Å². The Bertz CT molecular complexity index is 966. The summed E-state index contributed by atoms with van der Waals surface area (Å²) in [6.07, 6.45) is 2.38. The Labute approximate surface area is 144 Å². The lowest BCUT2D eigenvalue weighted by molar-refractivity contribution is 0.191. The van der Waals surface area contributed by atoms with Crippen LogP contribution in [0.1, 0.15) is 11.7 Å². The van der Waals surface area contributed by atoms with E-state index in [0.29, 0.717) is 18.0 Å². The minimum absolute atomic E-state index is 0.343. The summed E-state index contributed by atoms with van der Waals surface area (Å²) < 4.78 is 0. The van der Waals surface area contributed by atoms with Crippen LogP contribution in [0.25, 0.3) is 22.3 Å². The Hall–Kier alpha value is -3.25. The smallest absolute Gasteiger partial charge is 0.182 e. The van der Waals surface area contributed by atoms with Gasteiger partial charge < -0.3 is 15.4 Å². The lowest BCUT2D eigenvalue weighted by atomic mass is 10.0. The Morgan fingerprint density at radius 2 is 1.68 bits per heavy atom. The number of aliphatic hydroxyl groups excluding tert-OH is 1. The predicted molar refractivity (Wildman–Crippen MR) is 97.0 cm³/mol. The first-order valence-electron chi connectivity index (χ1n) is 8.02. The number of aromatic amines is 1. The van der Waals surface area contributed by atoms with Crippen LogP contribution in [-0.4, -0.2) is 31.6 Å². The number of nitrogens with one attached hydrogen (secondary N) is 2. The largest absolute Gasteiger partial charge is 0.387 e. The van der Waals surface area contributed by atoms with Crippen LogP contribution in [0.4, 0.5) is 5.82 Å². The van der Waals surface area contributed by atoms with E-state index in [-0.39, 0.29) is 0 Å². The molecule has 4 rings (SSSR count). The molecule has 0 fully saturated rings. The molecule has 0 radical (unpaired) electrons. The van der Waals surface area contributed by atoms with E-state index in [9.17, 15) is 5.11 Å². The molecule has 6 heteroatoms. The highest BCUT2D eigenvalue weighted by Crippen LogP contribution is 2.22. The van der Waals surface area contributed by atoms with Gasteiger partial charge in [0.15, 0.2) is 11.5 Å². The Kier molecular flexibility index (Phi) is 4.10. The van der Waals surface area contributed by atoms with Gasteiger partial charge in [0, 0.05) is 6.54 Å². The summed E-state index contributed by atoms with van der Waals surface area (Å²) in [7, 11) is 0. The molecular formula is C19H17N5O. The molecule has 1 atom stereocenters. The highest BCUT2D eigenvalue weighted by molar-refractivity contribution is 5.81. The van der Waals surface area contributed by atoms with Crippen LogP contribution in [0.2, 0.25) is 0 Å². The molecule has 2 aromatic heterocycles. The molecule has 0 saturated heterocycles. The van der Waals surface area contributed by atoms with Gasteiger partial charge >= 0.3 is 0 Å². The maximum absolute atomic E-state index is 10.4. The van der Waals surface area contributed by atoms with Crippen molar-refractivity contribution < 1.29 is 5.11 Å². The van der Waals surface area contributed by atoms with E-state index in [1.54, 1.807) is 6.33 Å². The number of fused-ring (bicyclic) bond motifs is 1. The number of hydrogen-bond donors (Lipinski definition) is 3. The van der Waals surface area contributed by atoms with Gasteiger partial charge in [0.2, 0.25) is 0 Å². The fourth-order valence-corrected chi connectivity index (χ4v) is 2.74. The zero-order valence-corrected chi connectivity index (χ0v) is 13.4. The van der Waals surface area contributed by atoms with Crippen LogP contribution in [0.15, 0.2) is 67.3 Å². The number of anilines is 1. The molecular weight excluding hydrogens is 314 g/mol. The number of benzene rings is 2. The lowest BCUT2D eigenvalue weighted by Gasteiger charge is -2.13. The van der Waals surface area contributed by atoms with Gasteiger partial charge in [-0.3, -0.25) is 0 Å². The van der Waals surface area contributed by atoms with Crippen LogP contribution in [-0.2, 0) is 0 Å². The molecule has 0 aliphatic rings. The minimum atomic E-state index is -0.641. The minimum Gasteiger partial charge on any atom is -0.387 e. The quantitative estimate of drug-likeness (QED) is 0.523. The van der Waals surface area contributed by atoms with E-state index < -0.39 is 6.10 Å². The number of imidazole rings is 1. The molecule has 2 aromatic carbocycles. The van der Waals surface area contributed by atoms with E-state index in [2.05, 4.69) is 37.4 Å². The highest BCUT2D eigenvalue weighted by atomic mass is 16.3. The van der Waals surface area contributed by atoms with Crippen LogP contribution < -0.4 is 5.32 Å². The third kappa shape index (κ3) is 3.20. The molecule has 4 aromatic rings. The van der Waals surface area contributed by atoms with Gasteiger partial charge in [0.05, 0.1) is 12.4 Å². The van der Waals surface area contributed by atoms with Gasteiger partial charge in [-0.1, -0.05) is 54.6 Å². The first kappa shape index (κ1) is 15.3. The second kappa shape index (κ2) is 6.70. The molecule has 2 heterocycles. The first-order chi connectivity index (χ1) is 12.3. The number of H-pyrrole nitrogens is 1. The number of aromatic nitrogens is 4. The monoisotopic (exact) mass is 331 g/mol. The van der Waals surface area contributed by atoms with Crippen molar-refractivity contribution in [3.05, 3.63) is 72.8 Å². The van der Waals surface area contributed by atoms with E-state index in [0.717, 1.165) is 22.2 Å². The van der Waals surface area contributed by atoms with Crippen LogP contribution >= 0.6 is 0 Å². The molecule has 3 N–H and O–H groups in total. The summed E-state index contributed by atoms with van der Waals surface area (Å²) in [5, 5.41) is 13.6. The normalized spacial score (nSPS) is 12.2. The van der Waals surface area contributed by atoms with Crippen molar-refractivity contribution >= 4 is 17.0 Å². The number of rotatable bonds is 5. The summed E-state index contributed by atoms with van der Waals surface area (Å²) in [4.78, 5) is 15.4. The van der Waals surface area contributed by atoms with Crippen LogP contribution in [0.3, 0.4) is 0 Å². The van der Waals surface area contributed by atoms with Gasteiger partial charge in [0.25, 0.3) is 0 Å². The topological polar surface area (TPSA) is 86.7 Å². The molecule has 6 nitrogen and oxygen atoms in total. The van der Waals surface area contributed by atoms with Crippen LogP contribution in [0.5, 0.6) is 0 Å². The van der Waals surface area contributed by atoms with Crippen molar-refractivity contribution in [1.29, 1.82) is 0 Å². The Morgan fingerprint density at radius 1 is 0.920 bits per heavy atom. The summed E-state index contributed by atoms with van der Waals surface area (Å²) in [6, 6.07) is 18.1. The third-order valence-electron chi connectivity index (χ3n) is 4.09. The Morgan fingerprint density at radius 3 is 2.48 bits per heavy atom. The summed E-state index contributed by atoms with van der Waals surface area (Å²) in [6.45, 7) is 0.343. The summed E-state index contributed by atoms with van der Waals surface area (Å²) >= 11 is 0. The molecule has 0 saturated carbocycles. The van der Waals surface area contributed by atoms with Crippen molar-refractivity contribution in [2.45, 2.75) is 6.10 Å². The number of nitrogens with zero attached hydrogens (tertiary/aromatic N) is 3. The van der Waals surface area contributed by atoms with Gasteiger partial charge in [0.1, 0.15) is 11.8 Å². The average molecular weight is 331 g/mol. The van der Waals surface area contributed by atoms with Crippen molar-refractivity contribution in [3.63, 3.8) is 0 Å². The highest BCUT2D eigenvalue weighted by Gasteiger charge is 2.10. The zero-order valence-electron chi connectivity index (χ0n) is 13.4. The van der Waals surface area contributed by atoms with E-state index in [1.165, 1.54) is 6.33 Å². The van der Waals surface area contributed by atoms with Crippen molar-refractivity contribution in [2.24, 2.45) is 0 Å². The lowest BCUT2D eigenvalue weighted by Crippen LogP contribution is -2.13. The fraction of sp³-hybridized carbons (Fsp3) is 0.105. The Balaban J connectivity index is 1.46. The van der Waals surface area contributed by atoms with Crippen molar-refractivity contribution in [3.8, 4) is 11.1 Å². The standard InChI is InChI=1S/C19H17N5O/c25-16(10-20-18-17-19(22-11-21-17)24-12-23-18)15-8-6-14(7-9-15)13-4-2-1-3-5-13/h1-9,11-12,16,25H,10H2,(H2,20,21,22,23,24). The molecule has 25 heavy (non-hydrogen) atoms. The molecule has 0 amide bonds. The molecule has 0 bridgehead atoms. The first-order valence-corrected chi connectivity index (χ1v) is 8.02. The van der Waals surface area contributed by atoms with Gasteiger partial charge in [-0.05, 0) is 16.7 Å². The second-order valence-corrected chi connectivity index (χ2v) is 5.71. The summed E-state index contributed by atoms with van der Waals surface area (Å²) in [5.41, 5.74) is 4.46. The molecule has 0 spiro atoms. The molecule has 1 unspecified atom stereocenters. The van der Waals surface area contributed by atoms with E-state index >= 15 is 0 Å². The molecule has 0 aliphatic heterocycles. The van der Waals surface area contributed by atoms with E-state index in [1.807, 2.05) is 42.5 Å². The van der Waals surface area contributed by atoms with Gasteiger partial charge in [-0.15, -0.1) is 0 Å². The third-order valence-corrected chi connectivity index (χ3v) is 4.09. The zero-order chi connectivity index (χ0) is 17.1. The number of hydrogen-bond acceptors (Lipinski definition) is 5. The maximum atomic E-state index is 10.4. The van der Waals surface area contributed by atoms with Crippen molar-refractivity contribution in [1.82, 2.24) is 19.9 Å². The predicted octanol–water partition coefficient (Wildman–Crippen LogP) is 3.17. The van der Waals surface area contributed by atoms with Gasteiger partial charge in [-0.2, -0.15) is 0 Å². The van der Waals surface area contributed by atoms with Crippen molar-refractivity contribution in [2.75, 3.05) is 11.9 Å². The summed E-state index contributed by atoms with van der Waals surface area (Å²) in [5.74, 6) is 0.627. The maximum Gasteiger partial charge on any atom is 0.182 e. The fourth-order valence-electron chi connectivity index (χ4n) is 2.74. The van der Waals surface area contributed by atoms with Gasteiger partial charge in [-0.25, -0.2) is 15.0 Å². The SMILES string of the molecule is OC(CNc1ncnc2nc[nH]c12)c1ccc(-c2ccccc2)cc1.